The van der Waals surface area contributed by atoms with Crippen molar-refractivity contribution in [3.05, 3.63) is 42.9 Å². The molecule has 0 N–H and O–H groups in total. The van der Waals surface area contributed by atoms with Gasteiger partial charge >= 0.3 is 0 Å². The Labute approximate surface area is 91.0 Å². The van der Waals surface area contributed by atoms with E-state index >= 15 is 0 Å². The van der Waals surface area contributed by atoms with Crippen LogP contribution in [0.3, 0.4) is 0 Å². The molecule has 0 unspecified atom stereocenters. The van der Waals surface area contributed by atoms with Crippen molar-refractivity contribution < 1.29 is 20.1 Å². The SMILES string of the molecule is Cn1c[c-]c(-c2ccccn2)c1.[Ir]. The van der Waals surface area contributed by atoms with Crippen molar-refractivity contribution in [1.82, 2.24) is 9.55 Å². The summed E-state index contributed by atoms with van der Waals surface area (Å²) in [5, 5.41) is 0. The summed E-state index contributed by atoms with van der Waals surface area (Å²) in [5.74, 6) is 0. The Hall–Kier alpha value is -0.921. The van der Waals surface area contributed by atoms with E-state index in [9.17, 15) is 0 Å². The van der Waals surface area contributed by atoms with Crippen LogP contribution >= 0.6 is 0 Å². The zero-order valence-electron chi connectivity index (χ0n) is 7.19. The van der Waals surface area contributed by atoms with E-state index < -0.39 is 0 Å². The zero-order valence-corrected chi connectivity index (χ0v) is 9.59. The van der Waals surface area contributed by atoms with Gasteiger partial charge in [-0.3, -0.25) is 0 Å². The number of pyridine rings is 1. The number of hydrogen-bond donors (Lipinski definition) is 0. The van der Waals surface area contributed by atoms with Gasteiger partial charge in [-0.2, -0.15) is 11.6 Å². The minimum absolute atomic E-state index is 0. The van der Waals surface area contributed by atoms with Gasteiger partial charge in [0.1, 0.15) is 0 Å². The van der Waals surface area contributed by atoms with Crippen molar-refractivity contribution in [1.29, 1.82) is 0 Å². The van der Waals surface area contributed by atoms with E-state index in [2.05, 4.69) is 11.1 Å². The molecule has 0 aromatic carbocycles. The van der Waals surface area contributed by atoms with Crippen molar-refractivity contribution in [2.24, 2.45) is 7.05 Å². The van der Waals surface area contributed by atoms with E-state index in [1.807, 2.05) is 42.2 Å². The van der Waals surface area contributed by atoms with Gasteiger partial charge in [-0.1, -0.05) is 24.5 Å². The predicted octanol–water partition coefficient (Wildman–Crippen LogP) is 1.88. The second-order valence-corrected chi connectivity index (χ2v) is 2.70. The third kappa shape index (κ3) is 2.27. The van der Waals surface area contributed by atoms with Crippen LogP contribution in [0.25, 0.3) is 11.3 Å². The molecule has 0 bridgehead atoms. The van der Waals surface area contributed by atoms with Gasteiger partial charge in [-0.15, -0.1) is 0 Å². The fraction of sp³-hybridized carbons (Fsp3) is 0.100. The Morgan fingerprint density at radius 2 is 2.23 bits per heavy atom. The minimum atomic E-state index is 0. The minimum Gasteiger partial charge on any atom is -0.420 e. The van der Waals surface area contributed by atoms with Crippen LogP contribution in [-0.4, -0.2) is 9.55 Å². The summed E-state index contributed by atoms with van der Waals surface area (Å²) in [5.41, 5.74) is 2.01. The smallest absolute Gasteiger partial charge is 0.0124 e. The van der Waals surface area contributed by atoms with E-state index in [4.69, 9.17) is 0 Å². The monoisotopic (exact) mass is 350 g/mol. The van der Waals surface area contributed by atoms with Crippen LogP contribution in [0, 0.1) is 6.07 Å². The fourth-order valence-electron chi connectivity index (χ4n) is 1.11. The topological polar surface area (TPSA) is 17.8 Å². The molecule has 0 atom stereocenters. The third-order valence-electron chi connectivity index (χ3n) is 1.70. The molecule has 13 heavy (non-hydrogen) atoms. The largest absolute Gasteiger partial charge is 0.420 e. The molecule has 1 radical (unpaired) electrons. The molecule has 3 heteroatoms. The Morgan fingerprint density at radius 1 is 1.38 bits per heavy atom. The third-order valence-corrected chi connectivity index (χ3v) is 1.70. The molecule has 0 fully saturated rings. The first-order valence-electron chi connectivity index (χ1n) is 3.81. The molecule has 69 valence electrons. The molecule has 0 aliphatic carbocycles. The molecule has 2 rings (SSSR count). The van der Waals surface area contributed by atoms with Crippen molar-refractivity contribution in [3.63, 3.8) is 0 Å². The van der Waals surface area contributed by atoms with Crippen LogP contribution in [-0.2, 0) is 27.2 Å². The molecule has 2 aromatic heterocycles. The van der Waals surface area contributed by atoms with Crippen LogP contribution < -0.4 is 0 Å². The Balaban J connectivity index is 0.000000845. The molecule has 0 aliphatic rings. The van der Waals surface area contributed by atoms with Gasteiger partial charge in [0.2, 0.25) is 0 Å². The van der Waals surface area contributed by atoms with Gasteiger partial charge < -0.3 is 9.55 Å². The molecule has 2 nitrogen and oxygen atoms in total. The second kappa shape index (κ2) is 4.35. The molecule has 0 saturated carbocycles. The van der Waals surface area contributed by atoms with Crippen LogP contribution in [0.2, 0.25) is 0 Å². The summed E-state index contributed by atoms with van der Waals surface area (Å²) in [6, 6.07) is 8.98. The number of aryl methyl sites for hydroxylation is 1. The van der Waals surface area contributed by atoms with Gasteiger partial charge in [0, 0.05) is 26.3 Å². The first-order valence-corrected chi connectivity index (χ1v) is 3.81. The van der Waals surface area contributed by atoms with Gasteiger partial charge in [0.25, 0.3) is 0 Å². The van der Waals surface area contributed by atoms with Crippen molar-refractivity contribution in [2.45, 2.75) is 0 Å². The number of hydrogen-bond acceptors (Lipinski definition) is 1. The predicted molar refractivity (Wildman–Crippen MR) is 47.5 cm³/mol. The van der Waals surface area contributed by atoms with Crippen molar-refractivity contribution in [2.75, 3.05) is 0 Å². The Bertz CT molecular complexity index is 367. The van der Waals surface area contributed by atoms with Crippen LogP contribution in [0.1, 0.15) is 0 Å². The number of aromatic nitrogens is 2. The maximum absolute atomic E-state index is 4.22. The summed E-state index contributed by atoms with van der Waals surface area (Å²) in [6.45, 7) is 0. The molecular weight excluding hydrogens is 340 g/mol. The van der Waals surface area contributed by atoms with Crippen molar-refractivity contribution >= 4 is 0 Å². The van der Waals surface area contributed by atoms with E-state index in [1.54, 1.807) is 6.20 Å². The van der Waals surface area contributed by atoms with E-state index in [-0.39, 0.29) is 20.1 Å². The van der Waals surface area contributed by atoms with E-state index in [1.165, 1.54) is 0 Å². The summed E-state index contributed by atoms with van der Waals surface area (Å²) in [4.78, 5) is 4.22. The molecule has 0 saturated heterocycles. The van der Waals surface area contributed by atoms with Crippen molar-refractivity contribution in [3.8, 4) is 11.3 Å². The van der Waals surface area contributed by atoms with E-state index in [0.29, 0.717) is 0 Å². The maximum Gasteiger partial charge on any atom is 0.0124 e. The second-order valence-electron chi connectivity index (χ2n) is 2.70. The first-order chi connectivity index (χ1) is 5.86. The molecule has 0 aliphatic heterocycles. The normalized spacial score (nSPS) is 9.31. The molecule has 0 amide bonds. The average molecular weight is 349 g/mol. The van der Waals surface area contributed by atoms with Crippen LogP contribution in [0.15, 0.2) is 36.8 Å². The van der Waals surface area contributed by atoms with Gasteiger partial charge in [-0.05, 0) is 18.8 Å². The van der Waals surface area contributed by atoms with Crippen LogP contribution in [0.5, 0.6) is 0 Å². The number of rotatable bonds is 1. The van der Waals surface area contributed by atoms with Gasteiger partial charge in [0.15, 0.2) is 0 Å². The van der Waals surface area contributed by atoms with E-state index in [0.717, 1.165) is 11.3 Å². The Morgan fingerprint density at radius 3 is 2.77 bits per heavy atom. The quantitative estimate of drug-likeness (QED) is 0.719. The van der Waals surface area contributed by atoms with Gasteiger partial charge in [-0.25, -0.2) is 0 Å². The zero-order chi connectivity index (χ0) is 8.39. The summed E-state index contributed by atoms with van der Waals surface area (Å²) in [7, 11) is 1.98. The van der Waals surface area contributed by atoms with Crippen LogP contribution in [0.4, 0.5) is 0 Å². The summed E-state index contributed by atoms with van der Waals surface area (Å²) < 4.78 is 1.96. The molecule has 0 spiro atoms. The maximum atomic E-state index is 4.22. The fourth-order valence-corrected chi connectivity index (χ4v) is 1.11. The summed E-state index contributed by atoms with van der Waals surface area (Å²) >= 11 is 0. The summed E-state index contributed by atoms with van der Waals surface area (Å²) in [6.07, 6.45) is 5.68. The molecular formula is C10H9IrN2-. The molecule has 2 heterocycles. The molecule has 2 aromatic rings. The number of nitrogens with zero attached hydrogens (tertiary/aromatic N) is 2. The first kappa shape index (κ1) is 10.2. The Kier molecular flexibility index (Phi) is 3.40. The average Bonchev–Trinajstić information content (AvgIpc) is 2.54. The standard InChI is InChI=1S/C10H9N2.Ir/c1-12-7-5-9(8-12)10-4-2-3-6-11-10;/h2-4,6-8H,1H3;/q-1;. The van der Waals surface area contributed by atoms with Gasteiger partial charge in [0.05, 0.1) is 0 Å².